The van der Waals surface area contributed by atoms with E-state index in [2.05, 4.69) is 66.7 Å². The summed E-state index contributed by atoms with van der Waals surface area (Å²) in [4.78, 5) is 16.8. The molecule has 0 amide bonds. The molecule has 0 radical (unpaired) electrons. The Hall–Kier alpha value is -2.21. The second kappa shape index (κ2) is 13.3. The van der Waals surface area contributed by atoms with Crippen molar-refractivity contribution in [2.24, 2.45) is 11.7 Å². The van der Waals surface area contributed by atoms with Gasteiger partial charge in [-0.25, -0.2) is 0 Å². The lowest BCUT2D eigenvalue weighted by Crippen LogP contribution is -2.67. The lowest BCUT2D eigenvalue weighted by Gasteiger charge is -2.46. The predicted molar refractivity (Wildman–Crippen MR) is 168 cm³/mol. The fourth-order valence-corrected chi connectivity index (χ4v) is 7.36. The van der Waals surface area contributed by atoms with Crippen LogP contribution in [0, 0.1) is 29.1 Å². The molecule has 1 saturated carbocycles. The van der Waals surface area contributed by atoms with Crippen molar-refractivity contribution in [2.75, 3.05) is 25.2 Å². The van der Waals surface area contributed by atoms with Crippen LogP contribution in [0.25, 0.3) is 0 Å². The molecule has 12 heteroatoms. The van der Waals surface area contributed by atoms with Crippen LogP contribution in [0.4, 0.5) is 5.69 Å². The van der Waals surface area contributed by atoms with E-state index in [1.165, 1.54) is 5.56 Å². The van der Waals surface area contributed by atoms with Gasteiger partial charge in [0.1, 0.15) is 36.9 Å². The Bertz CT molecular complexity index is 1220. The largest absolute Gasteiger partial charge is 0.387 e. The van der Waals surface area contributed by atoms with Crippen molar-refractivity contribution in [1.29, 1.82) is 5.26 Å². The molecule has 0 aromatic heterocycles. The van der Waals surface area contributed by atoms with Gasteiger partial charge in [0, 0.05) is 46.7 Å². The Balaban J connectivity index is 1.12. The lowest BCUT2D eigenvalue weighted by molar-refractivity contribution is -0.578. The topological polar surface area (TPSA) is 162 Å². The highest BCUT2D eigenvalue weighted by Crippen LogP contribution is 2.38. The van der Waals surface area contributed by atoms with E-state index in [-0.39, 0.29) is 18.9 Å². The van der Waals surface area contributed by atoms with Crippen molar-refractivity contribution >= 4 is 5.69 Å². The highest BCUT2D eigenvalue weighted by Gasteiger charge is 2.59. The first-order valence-corrected chi connectivity index (χ1v) is 16.3. The van der Waals surface area contributed by atoms with Gasteiger partial charge in [-0.1, -0.05) is 12.1 Å². The van der Waals surface area contributed by atoms with Crippen LogP contribution in [0.15, 0.2) is 18.2 Å². The summed E-state index contributed by atoms with van der Waals surface area (Å²) >= 11 is 0. The number of aliphatic hydroxyl groups is 2. The zero-order valence-corrected chi connectivity index (χ0v) is 27.1. The average Bonchev–Trinajstić information content (AvgIpc) is 3.43. The maximum atomic E-state index is 12.6. The minimum Gasteiger partial charge on any atom is -0.387 e. The highest BCUT2D eigenvalue weighted by atomic mass is 16.6. The van der Waals surface area contributed by atoms with Crippen LogP contribution in [0.1, 0.15) is 71.4 Å². The predicted octanol–water partition coefficient (Wildman–Crippen LogP) is 1.49. The van der Waals surface area contributed by atoms with Crippen LogP contribution in [0.2, 0.25) is 0 Å². The fourth-order valence-electron chi connectivity index (χ4n) is 7.36. The number of anilines is 1. The van der Waals surface area contributed by atoms with Gasteiger partial charge in [-0.15, -0.1) is 0 Å². The number of benzene rings is 1. The van der Waals surface area contributed by atoms with Crippen molar-refractivity contribution in [3.63, 3.8) is 0 Å². The van der Waals surface area contributed by atoms with E-state index in [9.17, 15) is 20.4 Å². The number of nitroso groups, excluding NO2 is 1. The summed E-state index contributed by atoms with van der Waals surface area (Å²) in [5.41, 5.74) is 8.91. The Morgan fingerprint density at radius 1 is 1.25 bits per heavy atom. The van der Waals surface area contributed by atoms with E-state index in [0.29, 0.717) is 31.2 Å². The molecule has 244 valence electrons. The quantitative estimate of drug-likeness (QED) is 0.201. The molecule has 1 aliphatic carbocycles. The molecule has 12 nitrogen and oxygen atoms in total. The SMILES string of the molecule is Cc1ccc(C(C)(C)C#N)cc1NC(C)CCC1CC(N(C[C@H]2O[C@@H](N3C[N+](=O)C4C(N)NCNC43)[C@H](O)[C@@H]2O)C(C)C)C1. The summed E-state index contributed by atoms with van der Waals surface area (Å²) in [7, 11) is 0. The molecular weight excluding hydrogens is 560 g/mol. The van der Waals surface area contributed by atoms with Crippen LogP contribution in [0.3, 0.4) is 0 Å². The van der Waals surface area contributed by atoms with Gasteiger partial charge in [-0.3, -0.25) is 15.5 Å². The molecule has 0 bridgehead atoms. The number of aryl methyl sites for hydroxylation is 1. The molecule has 5 rings (SSSR count). The molecule has 3 aliphatic heterocycles. The molecule has 7 N–H and O–H groups in total. The molecule has 8 atom stereocenters. The van der Waals surface area contributed by atoms with Gasteiger partial charge in [0.15, 0.2) is 0 Å². The maximum Gasteiger partial charge on any atom is 0.259 e. The number of hydrogen-bond acceptors (Lipinski definition) is 11. The standard InChI is InChI=1S/C32H53N8O4/c1-18(2)38(14-25-27(41)28(42)31(44-25)39-17-40(43)26-29(34)35-16-36-30(26)39)23-11-21(12-23)9-8-20(4)37-24-13-22(10-7-19(24)3)32(5,6)15-33/h7,10,13,18,20-21,23,25-31,35-37,41-42H,8-9,11-12,14,16-17,34H2,1-6H3/q+1/t20?,21?,23?,25-,26?,27-,28-,29?,30?,31-/m1/s1. The van der Waals surface area contributed by atoms with E-state index in [0.717, 1.165) is 41.7 Å². The summed E-state index contributed by atoms with van der Waals surface area (Å²) in [5, 5.41) is 41.6. The molecule has 4 aliphatic rings. The summed E-state index contributed by atoms with van der Waals surface area (Å²) in [5.74, 6) is 0.642. The minimum absolute atomic E-state index is 0.0488. The van der Waals surface area contributed by atoms with Gasteiger partial charge in [0.05, 0.1) is 11.5 Å². The average molecular weight is 614 g/mol. The second-order valence-electron chi connectivity index (χ2n) is 14.3. The van der Waals surface area contributed by atoms with Gasteiger partial charge in [-0.05, 0) is 90.3 Å². The van der Waals surface area contributed by atoms with E-state index in [1.807, 2.05) is 19.9 Å². The number of rotatable bonds is 11. The van der Waals surface area contributed by atoms with E-state index >= 15 is 0 Å². The third-order valence-corrected chi connectivity index (χ3v) is 10.4. The van der Waals surface area contributed by atoms with Gasteiger partial charge in [0.2, 0.25) is 0 Å². The smallest absolute Gasteiger partial charge is 0.259 e. The van der Waals surface area contributed by atoms with Crippen molar-refractivity contribution < 1.29 is 19.7 Å². The summed E-state index contributed by atoms with van der Waals surface area (Å²) in [6, 6.07) is 9.13. The number of ether oxygens (including phenoxy) is 1. The first kappa shape index (κ1) is 33.2. The first-order valence-electron chi connectivity index (χ1n) is 16.3. The Kier molecular flexibility index (Phi) is 9.99. The van der Waals surface area contributed by atoms with Gasteiger partial charge in [-0.2, -0.15) is 10.2 Å². The number of aliphatic hydroxyl groups excluding tert-OH is 2. The molecule has 4 fully saturated rings. The van der Waals surface area contributed by atoms with Gasteiger partial charge >= 0.3 is 0 Å². The lowest BCUT2D eigenvalue weighted by atomic mass is 9.75. The Labute approximate surface area is 261 Å². The molecule has 4 unspecified atom stereocenters. The summed E-state index contributed by atoms with van der Waals surface area (Å²) in [6.07, 6.45) is 0.0405. The maximum absolute atomic E-state index is 12.6. The van der Waals surface area contributed by atoms with Crippen molar-refractivity contribution in [3.8, 4) is 6.07 Å². The van der Waals surface area contributed by atoms with E-state index in [4.69, 9.17) is 10.5 Å². The summed E-state index contributed by atoms with van der Waals surface area (Å²) in [6.45, 7) is 13.6. The zero-order chi connectivity index (χ0) is 31.9. The number of nitrogens with zero attached hydrogens (tertiary/aromatic N) is 4. The van der Waals surface area contributed by atoms with E-state index in [1.54, 1.807) is 4.90 Å². The van der Waals surface area contributed by atoms with Crippen LogP contribution < -0.4 is 21.7 Å². The third-order valence-electron chi connectivity index (χ3n) is 10.4. The van der Waals surface area contributed by atoms with Crippen LogP contribution >= 0.6 is 0 Å². The number of hydrogen-bond donors (Lipinski definition) is 6. The third kappa shape index (κ3) is 6.66. The van der Waals surface area contributed by atoms with Crippen molar-refractivity contribution in [2.45, 2.75) is 134 Å². The molecule has 44 heavy (non-hydrogen) atoms. The van der Waals surface area contributed by atoms with Gasteiger partial charge < -0.3 is 26.0 Å². The minimum atomic E-state index is -1.12. The molecule has 1 aromatic rings. The number of fused-ring (bicyclic) bond motifs is 1. The monoisotopic (exact) mass is 613 g/mol. The van der Waals surface area contributed by atoms with E-state index < -0.39 is 42.2 Å². The number of nitrogens with two attached hydrogens (primary N) is 1. The first-order chi connectivity index (χ1) is 20.8. The van der Waals surface area contributed by atoms with Crippen molar-refractivity contribution in [1.82, 2.24) is 20.4 Å². The molecule has 0 spiro atoms. The number of nitriles is 1. The van der Waals surface area contributed by atoms with Gasteiger partial charge in [0.25, 0.3) is 12.7 Å². The van der Waals surface area contributed by atoms with Crippen LogP contribution in [-0.2, 0) is 10.2 Å². The van der Waals surface area contributed by atoms with Crippen LogP contribution in [-0.4, -0.2) is 106 Å². The molecule has 3 saturated heterocycles. The Morgan fingerprint density at radius 3 is 2.66 bits per heavy atom. The highest BCUT2D eigenvalue weighted by molar-refractivity contribution is 5.55. The molecule has 3 heterocycles. The summed E-state index contributed by atoms with van der Waals surface area (Å²) < 4.78 is 7.22. The van der Waals surface area contributed by atoms with Crippen molar-refractivity contribution in [3.05, 3.63) is 34.2 Å². The van der Waals surface area contributed by atoms with Crippen LogP contribution in [0.5, 0.6) is 0 Å². The number of nitrogens with one attached hydrogen (secondary N) is 3. The second-order valence-corrected chi connectivity index (χ2v) is 14.3. The zero-order valence-electron chi connectivity index (χ0n) is 27.1. The fraction of sp³-hybridized carbons (Fsp3) is 0.781. The molecule has 1 aromatic carbocycles. The normalized spacial score (nSPS) is 35.0. The Morgan fingerprint density at radius 2 is 1.98 bits per heavy atom. The molecular formula is C32H53N8O4+.